The number of carbonyl (C=O) groups excluding carboxylic acids is 1. The van der Waals surface area contributed by atoms with Gasteiger partial charge in [-0.15, -0.1) is 0 Å². The van der Waals surface area contributed by atoms with Crippen molar-refractivity contribution in [2.45, 2.75) is 51.7 Å². The zero-order valence-corrected chi connectivity index (χ0v) is 12.4. The fourth-order valence-electron chi connectivity index (χ4n) is 2.58. The van der Waals surface area contributed by atoms with Crippen LogP contribution in [0, 0.1) is 0 Å². The van der Waals surface area contributed by atoms with E-state index in [4.69, 9.17) is 10.5 Å². The molecule has 1 atom stereocenters. The lowest BCUT2D eigenvalue weighted by molar-refractivity contribution is 0.0117. The van der Waals surface area contributed by atoms with Crippen molar-refractivity contribution in [2.75, 3.05) is 18.9 Å². The van der Waals surface area contributed by atoms with Crippen LogP contribution in [-0.4, -0.2) is 29.7 Å². The highest BCUT2D eigenvalue weighted by molar-refractivity contribution is 5.93. The summed E-state index contributed by atoms with van der Waals surface area (Å²) < 4.78 is 7.56. The number of nitrogens with one attached hydrogen (secondary N) is 1. The van der Waals surface area contributed by atoms with Gasteiger partial charge in [0.25, 0.3) is 5.91 Å². The Hall–Kier alpha value is -1.49. The molecular weight excluding hydrogens is 254 g/mol. The van der Waals surface area contributed by atoms with Crippen molar-refractivity contribution < 1.29 is 9.53 Å². The van der Waals surface area contributed by atoms with E-state index < -0.39 is 0 Å². The number of hydrogen-bond donors (Lipinski definition) is 2. The summed E-state index contributed by atoms with van der Waals surface area (Å²) in [6.07, 6.45) is 6.47. The Bertz CT molecular complexity index is 448. The summed E-state index contributed by atoms with van der Waals surface area (Å²) in [5, 5.41) is 2.96. The van der Waals surface area contributed by atoms with Crippen LogP contribution in [0.25, 0.3) is 0 Å². The lowest BCUT2D eigenvalue weighted by Gasteiger charge is -2.22. The normalized spacial score (nSPS) is 19.2. The number of nitrogens with zero attached hydrogens (tertiary/aromatic N) is 1. The summed E-state index contributed by atoms with van der Waals surface area (Å²) in [6, 6.07) is 1.95. The van der Waals surface area contributed by atoms with Crippen molar-refractivity contribution >= 4 is 11.6 Å². The van der Waals surface area contributed by atoms with E-state index in [0.717, 1.165) is 25.9 Å². The van der Waals surface area contributed by atoms with Gasteiger partial charge in [-0.3, -0.25) is 4.79 Å². The molecule has 0 aliphatic carbocycles. The van der Waals surface area contributed by atoms with Crippen molar-refractivity contribution in [3.63, 3.8) is 0 Å². The molecule has 1 aromatic heterocycles. The van der Waals surface area contributed by atoms with Crippen molar-refractivity contribution in [2.24, 2.45) is 0 Å². The number of ether oxygens (including phenoxy) is 1. The van der Waals surface area contributed by atoms with Crippen LogP contribution >= 0.6 is 0 Å². The molecule has 2 heterocycles. The number of carbonyl (C=O) groups is 1. The van der Waals surface area contributed by atoms with Gasteiger partial charge in [0.2, 0.25) is 0 Å². The van der Waals surface area contributed by atoms with E-state index in [0.29, 0.717) is 24.0 Å². The molecule has 1 fully saturated rings. The molecule has 2 rings (SSSR count). The first-order valence-corrected chi connectivity index (χ1v) is 7.45. The van der Waals surface area contributed by atoms with Gasteiger partial charge in [0, 0.05) is 25.4 Å². The number of amides is 1. The third kappa shape index (κ3) is 3.76. The van der Waals surface area contributed by atoms with Crippen LogP contribution in [-0.2, 0) is 4.74 Å². The van der Waals surface area contributed by atoms with Gasteiger partial charge in [0.05, 0.1) is 11.8 Å². The molecule has 0 saturated carbocycles. The number of nitrogen functional groups attached to an aromatic ring is 1. The molecular formula is C15H25N3O2. The quantitative estimate of drug-likeness (QED) is 0.869. The zero-order valence-electron chi connectivity index (χ0n) is 12.4. The Balaban J connectivity index is 1.85. The Kier molecular flexibility index (Phi) is 5.06. The first kappa shape index (κ1) is 14.9. The van der Waals surface area contributed by atoms with Gasteiger partial charge in [-0.25, -0.2) is 0 Å². The molecule has 20 heavy (non-hydrogen) atoms. The molecule has 1 aliphatic rings. The minimum atomic E-state index is -0.0637. The van der Waals surface area contributed by atoms with E-state index in [1.54, 1.807) is 6.07 Å². The minimum absolute atomic E-state index is 0.0637. The van der Waals surface area contributed by atoms with E-state index in [1.165, 1.54) is 6.42 Å². The monoisotopic (exact) mass is 279 g/mol. The van der Waals surface area contributed by atoms with Gasteiger partial charge in [-0.05, 0) is 45.6 Å². The van der Waals surface area contributed by atoms with Crippen LogP contribution < -0.4 is 11.1 Å². The van der Waals surface area contributed by atoms with Crippen LogP contribution in [0.1, 0.15) is 56.1 Å². The van der Waals surface area contributed by atoms with Gasteiger partial charge < -0.3 is 20.4 Å². The van der Waals surface area contributed by atoms with Crippen LogP contribution in [0.15, 0.2) is 12.3 Å². The molecule has 5 nitrogen and oxygen atoms in total. The van der Waals surface area contributed by atoms with E-state index in [2.05, 4.69) is 5.32 Å². The maximum atomic E-state index is 12.2. The van der Waals surface area contributed by atoms with Crippen molar-refractivity contribution in [3.8, 4) is 0 Å². The molecule has 3 N–H and O–H groups in total. The maximum absolute atomic E-state index is 12.2. The smallest absolute Gasteiger partial charge is 0.267 e. The fraction of sp³-hybridized carbons (Fsp3) is 0.667. The third-order valence-corrected chi connectivity index (χ3v) is 3.68. The highest BCUT2D eigenvalue weighted by Gasteiger charge is 2.16. The van der Waals surface area contributed by atoms with Gasteiger partial charge in [0.1, 0.15) is 5.69 Å². The topological polar surface area (TPSA) is 69.3 Å². The Morgan fingerprint density at radius 1 is 1.55 bits per heavy atom. The van der Waals surface area contributed by atoms with Crippen LogP contribution in [0.4, 0.5) is 5.69 Å². The summed E-state index contributed by atoms with van der Waals surface area (Å²) in [5.74, 6) is -0.0637. The standard InChI is InChI=1S/C15H25N3O2/c1-11(2)18-10-12(16)9-14(18)15(19)17-7-6-13-5-3-4-8-20-13/h9-11,13H,3-8,16H2,1-2H3,(H,17,19). The number of rotatable bonds is 5. The number of anilines is 1. The SMILES string of the molecule is CC(C)n1cc(N)cc1C(=O)NCCC1CCCCO1. The fourth-order valence-corrected chi connectivity index (χ4v) is 2.58. The van der Waals surface area contributed by atoms with E-state index in [-0.39, 0.29) is 11.9 Å². The van der Waals surface area contributed by atoms with Crippen LogP contribution in [0.3, 0.4) is 0 Å². The van der Waals surface area contributed by atoms with E-state index in [1.807, 2.05) is 24.6 Å². The minimum Gasteiger partial charge on any atom is -0.397 e. The molecule has 0 radical (unpaired) electrons. The van der Waals surface area contributed by atoms with Crippen LogP contribution in [0.5, 0.6) is 0 Å². The molecule has 5 heteroatoms. The number of aromatic nitrogens is 1. The largest absolute Gasteiger partial charge is 0.397 e. The van der Waals surface area contributed by atoms with E-state index >= 15 is 0 Å². The predicted molar refractivity (Wildman–Crippen MR) is 79.8 cm³/mol. The molecule has 1 saturated heterocycles. The van der Waals surface area contributed by atoms with Crippen LogP contribution in [0.2, 0.25) is 0 Å². The van der Waals surface area contributed by atoms with Crippen molar-refractivity contribution in [1.29, 1.82) is 0 Å². The summed E-state index contributed by atoms with van der Waals surface area (Å²) in [6.45, 7) is 5.57. The molecule has 0 aromatic carbocycles. The molecule has 1 aromatic rings. The Labute approximate surface area is 120 Å². The first-order valence-electron chi connectivity index (χ1n) is 7.45. The van der Waals surface area contributed by atoms with Crippen molar-refractivity contribution in [1.82, 2.24) is 9.88 Å². The average Bonchev–Trinajstić information content (AvgIpc) is 2.82. The van der Waals surface area contributed by atoms with Gasteiger partial charge in [0.15, 0.2) is 0 Å². The molecule has 0 spiro atoms. The summed E-state index contributed by atoms with van der Waals surface area (Å²) in [7, 11) is 0. The number of hydrogen-bond acceptors (Lipinski definition) is 3. The third-order valence-electron chi connectivity index (χ3n) is 3.68. The molecule has 0 bridgehead atoms. The molecule has 1 unspecified atom stereocenters. The highest BCUT2D eigenvalue weighted by atomic mass is 16.5. The van der Waals surface area contributed by atoms with E-state index in [9.17, 15) is 4.79 Å². The van der Waals surface area contributed by atoms with Crippen molar-refractivity contribution in [3.05, 3.63) is 18.0 Å². The lowest BCUT2D eigenvalue weighted by Crippen LogP contribution is -2.30. The van der Waals surface area contributed by atoms with Gasteiger partial charge >= 0.3 is 0 Å². The average molecular weight is 279 g/mol. The van der Waals surface area contributed by atoms with Gasteiger partial charge in [-0.2, -0.15) is 0 Å². The molecule has 1 aliphatic heterocycles. The first-order chi connectivity index (χ1) is 9.58. The zero-order chi connectivity index (χ0) is 14.5. The maximum Gasteiger partial charge on any atom is 0.267 e. The van der Waals surface area contributed by atoms with Gasteiger partial charge in [-0.1, -0.05) is 0 Å². The lowest BCUT2D eigenvalue weighted by atomic mass is 10.1. The summed E-state index contributed by atoms with van der Waals surface area (Å²) in [5.41, 5.74) is 7.03. The second kappa shape index (κ2) is 6.79. The Morgan fingerprint density at radius 3 is 3.00 bits per heavy atom. The second-order valence-electron chi connectivity index (χ2n) is 5.69. The Morgan fingerprint density at radius 2 is 2.35 bits per heavy atom. The molecule has 112 valence electrons. The highest BCUT2D eigenvalue weighted by Crippen LogP contribution is 2.17. The predicted octanol–water partition coefficient (Wildman–Crippen LogP) is 2.34. The second-order valence-corrected chi connectivity index (χ2v) is 5.69. The number of nitrogens with two attached hydrogens (primary N) is 1. The molecule has 1 amide bonds. The summed E-state index contributed by atoms with van der Waals surface area (Å²) >= 11 is 0. The summed E-state index contributed by atoms with van der Waals surface area (Å²) in [4.78, 5) is 12.2.